The van der Waals surface area contributed by atoms with Crippen molar-refractivity contribution in [1.29, 1.82) is 0 Å². The molecule has 0 atom stereocenters. The molecule has 0 bridgehead atoms. The Balaban J connectivity index is 1.97. The molecule has 1 saturated heterocycles. The second-order valence-electron chi connectivity index (χ2n) is 3.82. The Kier molecular flexibility index (Phi) is 2.46. The van der Waals surface area contributed by atoms with Crippen molar-refractivity contribution in [1.82, 2.24) is 9.97 Å². The molecule has 1 aliphatic rings. The molecule has 5 heteroatoms. The lowest BCUT2D eigenvalue weighted by molar-refractivity contribution is 0.122. The molecule has 2 aromatic rings. The van der Waals surface area contributed by atoms with Crippen LogP contribution in [0.5, 0.6) is 0 Å². The number of pyridine rings is 1. The second-order valence-corrected chi connectivity index (χ2v) is 4.21. The molecule has 0 spiro atoms. The SMILES string of the molecule is Clc1ccc2[nH]c(N3CCOCC3)cc2n1. The maximum Gasteiger partial charge on any atom is 0.129 e. The van der Waals surface area contributed by atoms with Crippen molar-refractivity contribution >= 4 is 28.5 Å². The van der Waals surface area contributed by atoms with Crippen LogP contribution in [0.4, 0.5) is 5.82 Å². The van der Waals surface area contributed by atoms with Crippen LogP contribution in [0.15, 0.2) is 18.2 Å². The maximum absolute atomic E-state index is 5.86. The highest BCUT2D eigenvalue weighted by Crippen LogP contribution is 2.22. The molecule has 0 unspecified atom stereocenters. The maximum atomic E-state index is 5.86. The highest BCUT2D eigenvalue weighted by molar-refractivity contribution is 6.29. The summed E-state index contributed by atoms with van der Waals surface area (Å²) in [6.07, 6.45) is 0. The third kappa shape index (κ3) is 1.74. The van der Waals surface area contributed by atoms with Gasteiger partial charge in [0.25, 0.3) is 0 Å². The van der Waals surface area contributed by atoms with E-state index in [1.807, 2.05) is 12.1 Å². The van der Waals surface area contributed by atoms with Gasteiger partial charge in [-0.1, -0.05) is 11.6 Å². The predicted octanol–water partition coefficient (Wildman–Crippen LogP) is 2.05. The van der Waals surface area contributed by atoms with Gasteiger partial charge in [-0.15, -0.1) is 0 Å². The number of hydrogen-bond donors (Lipinski definition) is 1. The van der Waals surface area contributed by atoms with Crippen LogP contribution >= 0.6 is 11.6 Å². The van der Waals surface area contributed by atoms with Crippen molar-refractivity contribution in [2.24, 2.45) is 0 Å². The first-order valence-electron chi connectivity index (χ1n) is 5.31. The standard InChI is InChI=1S/C11H12ClN3O/c12-10-2-1-8-9(13-10)7-11(14-8)15-3-5-16-6-4-15/h1-2,7,14H,3-6H2. The minimum atomic E-state index is 0.528. The summed E-state index contributed by atoms with van der Waals surface area (Å²) in [7, 11) is 0. The molecular formula is C11H12ClN3O. The molecule has 3 heterocycles. The number of hydrogen-bond acceptors (Lipinski definition) is 3. The zero-order chi connectivity index (χ0) is 11.0. The molecule has 3 rings (SSSR count). The largest absolute Gasteiger partial charge is 0.378 e. The van der Waals surface area contributed by atoms with Gasteiger partial charge in [-0.25, -0.2) is 4.98 Å². The molecule has 0 aliphatic carbocycles. The zero-order valence-electron chi connectivity index (χ0n) is 8.74. The molecule has 0 radical (unpaired) electrons. The van der Waals surface area contributed by atoms with Crippen LogP contribution in [0.25, 0.3) is 11.0 Å². The van der Waals surface area contributed by atoms with Gasteiger partial charge in [0.05, 0.1) is 24.2 Å². The van der Waals surface area contributed by atoms with E-state index in [2.05, 4.69) is 14.9 Å². The number of aromatic amines is 1. The number of nitrogens with one attached hydrogen (secondary N) is 1. The molecule has 2 aromatic heterocycles. The van der Waals surface area contributed by atoms with Crippen molar-refractivity contribution in [2.75, 3.05) is 31.2 Å². The highest BCUT2D eigenvalue weighted by Gasteiger charge is 2.13. The smallest absolute Gasteiger partial charge is 0.129 e. The fourth-order valence-corrected chi connectivity index (χ4v) is 2.10. The summed E-state index contributed by atoms with van der Waals surface area (Å²) in [5.74, 6) is 1.09. The minimum Gasteiger partial charge on any atom is -0.378 e. The molecule has 1 N–H and O–H groups in total. The fraction of sp³-hybridized carbons (Fsp3) is 0.364. The summed E-state index contributed by atoms with van der Waals surface area (Å²) in [4.78, 5) is 9.87. The van der Waals surface area contributed by atoms with Crippen molar-refractivity contribution in [3.8, 4) is 0 Å². The number of aromatic nitrogens is 2. The molecule has 84 valence electrons. The second kappa shape index (κ2) is 3.96. The number of halogens is 1. The predicted molar refractivity (Wildman–Crippen MR) is 64.1 cm³/mol. The first-order valence-corrected chi connectivity index (χ1v) is 5.69. The first-order chi connectivity index (χ1) is 7.83. The van der Waals surface area contributed by atoms with E-state index in [-0.39, 0.29) is 0 Å². The van der Waals surface area contributed by atoms with Crippen molar-refractivity contribution in [3.05, 3.63) is 23.4 Å². The van der Waals surface area contributed by atoms with Gasteiger partial charge >= 0.3 is 0 Å². The number of rotatable bonds is 1. The van der Waals surface area contributed by atoms with Crippen molar-refractivity contribution in [3.63, 3.8) is 0 Å². The van der Waals surface area contributed by atoms with E-state index >= 15 is 0 Å². The van der Waals surface area contributed by atoms with Gasteiger partial charge in [-0.3, -0.25) is 0 Å². The lowest BCUT2D eigenvalue weighted by Crippen LogP contribution is -2.36. The summed E-state index contributed by atoms with van der Waals surface area (Å²) < 4.78 is 5.32. The molecular weight excluding hydrogens is 226 g/mol. The van der Waals surface area contributed by atoms with Gasteiger partial charge in [0, 0.05) is 19.2 Å². The van der Waals surface area contributed by atoms with Crippen LogP contribution in [0, 0.1) is 0 Å². The van der Waals surface area contributed by atoms with E-state index in [1.165, 1.54) is 0 Å². The number of H-pyrrole nitrogens is 1. The van der Waals surface area contributed by atoms with Crippen LogP contribution in [0.3, 0.4) is 0 Å². The normalized spacial score (nSPS) is 16.9. The lowest BCUT2D eigenvalue weighted by atomic mass is 10.4. The summed E-state index contributed by atoms with van der Waals surface area (Å²) in [5, 5.41) is 0.528. The Labute approximate surface area is 98.2 Å². The van der Waals surface area contributed by atoms with E-state index in [1.54, 1.807) is 6.07 Å². The average molecular weight is 238 g/mol. The third-order valence-corrected chi connectivity index (χ3v) is 2.99. The number of ether oxygens (including phenoxy) is 1. The quantitative estimate of drug-likeness (QED) is 0.772. The Morgan fingerprint density at radius 2 is 2.12 bits per heavy atom. The lowest BCUT2D eigenvalue weighted by Gasteiger charge is -2.27. The Hall–Kier alpha value is -1.26. The first kappa shape index (κ1) is 9.93. The molecule has 0 saturated carbocycles. The van der Waals surface area contributed by atoms with Crippen LogP contribution < -0.4 is 4.90 Å². The number of fused-ring (bicyclic) bond motifs is 1. The number of nitrogens with zero attached hydrogens (tertiary/aromatic N) is 2. The van der Waals surface area contributed by atoms with Crippen LogP contribution in [-0.4, -0.2) is 36.3 Å². The van der Waals surface area contributed by atoms with Crippen molar-refractivity contribution < 1.29 is 4.74 Å². The monoisotopic (exact) mass is 237 g/mol. The zero-order valence-corrected chi connectivity index (χ0v) is 9.50. The summed E-state index contributed by atoms with van der Waals surface area (Å²) in [6.45, 7) is 3.40. The molecule has 16 heavy (non-hydrogen) atoms. The van der Waals surface area contributed by atoms with Gasteiger partial charge in [-0.2, -0.15) is 0 Å². The van der Waals surface area contributed by atoms with E-state index < -0.39 is 0 Å². The highest BCUT2D eigenvalue weighted by atomic mass is 35.5. The van der Waals surface area contributed by atoms with E-state index in [0.29, 0.717) is 5.15 Å². The van der Waals surface area contributed by atoms with Gasteiger partial charge in [0.2, 0.25) is 0 Å². The van der Waals surface area contributed by atoms with Gasteiger partial charge < -0.3 is 14.6 Å². The van der Waals surface area contributed by atoms with Crippen LogP contribution in [0.2, 0.25) is 5.15 Å². The fourth-order valence-electron chi connectivity index (χ4n) is 1.94. The Bertz CT molecular complexity index is 505. The summed E-state index contributed by atoms with van der Waals surface area (Å²) in [5.41, 5.74) is 1.93. The third-order valence-electron chi connectivity index (χ3n) is 2.78. The van der Waals surface area contributed by atoms with Gasteiger partial charge in [0.1, 0.15) is 11.0 Å². The molecule has 1 aliphatic heterocycles. The number of anilines is 1. The molecule has 1 fully saturated rings. The van der Waals surface area contributed by atoms with Crippen LogP contribution in [-0.2, 0) is 4.74 Å². The van der Waals surface area contributed by atoms with E-state index in [4.69, 9.17) is 16.3 Å². The van der Waals surface area contributed by atoms with Crippen LogP contribution in [0.1, 0.15) is 0 Å². The Morgan fingerprint density at radius 1 is 1.31 bits per heavy atom. The molecule has 0 amide bonds. The summed E-state index contributed by atoms with van der Waals surface area (Å²) in [6, 6.07) is 5.78. The molecule has 0 aromatic carbocycles. The average Bonchev–Trinajstić information content (AvgIpc) is 2.73. The minimum absolute atomic E-state index is 0.528. The number of morpholine rings is 1. The van der Waals surface area contributed by atoms with Gasteiger partial charge in [0.15, 0.2) is 0 Å². The summed E-state index contributed by atoms with van der Waals surface area (Å²) >= 11 is 5.86. The van der Waals surface area contributed by atoms with Gasteiger partial charge in [-0.05, 0) is 12.1 Å². The van der Waals surface area contributed by atoms with Crippen molar-refractivity contribution in [2.45, 2.75) is 0 Å². The molecule has 4 nitrogen and oxygen atoms in total. The van der Waals surface area contributed by atoms with E-state index in [0.717, 1.165) is 43.2 Å². The topological polar surface area (TPSA) is 41.2 Å². The Morgan fingerprint density at radius 3 is 2.94 bits per heavy atom. The van der Waals surface area contributed by atoms with E-state index in [9.17, 15) is 0 Å².